The van der Waals surface area contributed by atoms with Crippen LogP contribution in [0.3, 0.4) is 0 Å². The quantitative estimate of drug-likeness (QED) is 0.834. The van der Waals surface area contributed by atoms with Crippen molar-refractivity contribution in [3.05, 3.63) is 24.3 Å². The third-order valence-corrected chi connectivity index (χ3v) is 2.88. The summed E-state index contributed by atoms with van der Waals surface area (Å²) in [4.78, 5) is 26.0. The second-order valence-corrected chi connectivity index (χ2v) is 4.45. The molecule has 2 N–H and O–H groups in total. The summed E-state index contributed by atoms with van der Waals surface area (Å²) in [6.45, 7) is 1.46. The standard InChI is InChI=1S/C11H11N3O2S/c1-7(15)12-8-2-4-9(5-3-8)13-11-14-10(16)6-17-11/h2-5H,6H2,1H3,(H,12,15)(H,13,14,16). The van der Waals surface area contributed by atoms with Gasteiger partial charge in [-0.25, -0.2) is 4.99 Å². The summed E-state index contributed by atoms with van der Waals surface area (Å²) in [5.74, 6) is 0.286. The van der Waals surface area contributed by atoms with Crippen molar-refractivity contribution in [3.8, 4) is 0 Å². The van der Waals surface area contributed by atoms with Crippen molar-refractivity contribution in [2.45, 2.75) is 6.92 Å². The number of nitrogens with one attached hydrogen (secondary N) is 2. The molecule has 1 heterocycles. The van der Waals surface area contributed by atoms with E-state index in [9.17, 15) is 9.59 Å². The first-order valence-electron chi connectivity index (χ1n) is 5.02. The molecule has 0 bridgehead atoms. The summed E-state index contributed by atoms with van der Waals surface area (Å²) in [5, 5.41) is 5.94. The normalized spacial score (nSPS) is 17.0. The number of amidine groups is 1. The van der Waals surface area contributed by atoms with Gasteiger partial charge in [-0.1, -0.05) is 11.8 Å². The molecule has 0 atom stereocenters. The minimum Gasteiger partial charge on any atom is -0.326 e. The van der Waals surface area contributed by atoms with Gasteiger partial charge in [0, 0.05) is 12.6 Å². The van der Waals surface area contributed by atoms with Crippen LogP contribution in [0.4, 0.5) is 11.4 Å². The molecule has 0 aliphatic carbocycles. The molecule has 6 heteroatoms. The maximum absolute atomic E-state index is 11.0. The van der Waals surface area contributed by atoms with Gasteiger partial charge in [0.2, 0.25) is 11.8 Å². The lowest BCUT2D eigenvalue weighted by Crippen LogP contribution is -2.19. The van der Waals surface area contributed by atoms with Crippen LogP contribution < -0.4 is 10.6 Å². The first-order valence-corrected chi connectivity index (χ1v) is 6.01. The third-order valence-electron chi connectivity index (χ3n) is 2.00. The van der Waals surface area contributed by atoms with E-state index in [2.05, 4.69) is 15.6 Å². The number of aliphatic imine (C=N–C) groups is 1. The predicted molar refractivity (Wildman–Crippen MR) is 68.4 cm³/mol. The number of benzene rings is 1. The molecular weight excluding hydrogens is 238 g/mol. The van der Waals surface area contributed by atoms with E-state index in [0.29, 0.717) is 10.9 Å². The molecule has 0 aromatic heterocycles. The highest BCUT2D eigenvalue weighted by atomic mass is 32.2. The van der Waals surface area contributed by atoms with Gasteiger partial charge in [-0.2, -0.15) is 0 Å². The Morgan fingerprint density at radius 2 is 2.12 bits per heavy atom. The molecule has 1 aromatic rings. The third kappa shape index (κ3) is 3.32. The fraction of sp³-hybridized carbons (Fsp3) is 0.182. The molecule has 1 aliphatic heterocycles. The molecule has 0 radical (unpaired) electrons. The highest BCUT2D eigenvalue weighted by molar-refractivity contribution is 8.15. The fourth-order valence-electron chi connectivity index (χ4n) is 1.33. The average Bonchev–Trinajstić information content (AvgIpc) is 2.66. The second kappa shape index (κ2) is 5.01. The molecule has 1 aliphatic rings. The van der Waals surface area contributed by atoms with Crippen LogP contribution in [-0.2, 0) is 9.59 Å². The van der Waals surface area contributed by atoms with E-state index in [0.717, 1.165) is 11.4 Å². The van der Waals surface area contributed by atoms with Gasteiger partial charge in [0.15, 0.2) is 5.17 Å². The zero-order valence-corrected chi connectivity index (χ0v) is 10.0. The summed E-state index contributed by atoms with van der Waals surface area (Å²) in [7, 11) is 0. The van der Waals surface area contributed by atoms with Gasteiger partial charge in [0.05, 0.1) is 11.4 Å². The lowest BCUT2D eigenvalue weighted by Gasteiger charge is -2.02. The van der Waals surface area contributed by atoms with Gasteiger partial charge in [-0.3, -0.25) is 9.59 Å². The molecule has 0 spiro atoms. The molecule has 0 saturated carbocycles. The van der Waals surface area contributed by atoms with Gasteiger partial charge in [0.25, 0.3) is 0 Å². The number of rotatable bonds is 2. The first-order chi connectivity index (χ1) is 8.13. The fourth-order valence-corrected chi connectivity index (χ4v) is 2.02. The van der Waals surface area contributed by atoms with E-state index in [4.69, 9.17) is 0 Å². The second-order valence-electron chi connectivity index (χ2n) is 3.48. The number of amides is 2. The van der Waals surface area contributed by atoms with Gasteiger partial charge in [-0.15, -0.1) is 0 Å². The Morgan fingerprint density at radius 1 is 1.41 bits per heavy atom. The summed E-state index contributed by atoms with van der Waals surface area (Å²) in [6.07, 6.45) is 0. The van der Waals surface area contributed by atoms with Crippen molar-refractivity contribution >= 4 is 40.1 Å². The molecule has 1 saturated heterocycles. The van der Waals surface area contributed by atoms with Crippen LogP contribution in [0, 0.1) is 0 Å². The van der Waals surface area contributed by atoms with Crippen LogP contribution in [0.25, 0.3) is 0 Å². The van der Waals surface area contributed by atoms with Crippen molar-refractivity contribution in [2.24, 2.45) is 4.99 Å². The van der Waals surface area contributed by atoms with Gasteiger partial charge in [-0.05, 0) is 24.3 Å². The van der Waals surface area contributed by atoms with Gasteiger partial charge < -0.3 is 10.6 Å². The van der Waals surface area contributed by atoms with Crippen molar-refractivity contribution in [3.63, 3.8) is 0 Å². The monoisotopic (exact) mass is 249 g/mol. The van der Waals surface area contributed by atoms with Crippen LogP contribution >= 0.6 is 11.8 Å². The van der Waals surface area contributed by atoms with Crippen molar-refractivity contribution in [1.29, 1.82) is 0 Å². The van der Waals surface area contributed by atoms with Gasteiger partial charge in [0.1, 0.15) is 0 Å². The lowest BCUT2D eigenvalue weighted by molar-refractivity contribution is -0.117. The van der Waals surface area contributed by atoms with Crippen LogP contribution in [-0.4, -0.2) is 22.7 Å². The van der Waals surface area contributed by atoms with Crippen molar-refractivity contribution in [1.82, 2.24) is 5.32 Å². The molecule has 17 heavy (non-hydrogen) atoms. The average molecular weight is 249 g/mol. The number of hydrogen-bond acceptors (Lipinski definition) is 4. The van der Waals surface area contributed by atoms with Crippen LogP contribution in [0.5, 0.6) is 0 Å². The molecule has 88 valence electrons. The Bertz CT molecular complexity index is 482. The van der Waals surface area contributed by atoms with Crippen LogP contribution in [0.15, 0.2) is 29.3 Å². The smallest absolute Gasteiger partial charge is 0.236 e. The maximum atomic E-state index is 11.0. The minimum atomic E-state index is -0.109. The zero-order chi connectivity index (χ0) is 12.3. The summed E-state index contributed by atoms with van der Waals surface area (Å²) >= 11 is 1.38. The molecule has 5 nitrogen and oxygen atoms in total. The SMILES string of the molecule is CC(=O)Nc1ccc(N=C2NC(=O)CS2)cc1. The summed E-state index contributed by atoms with van der Waals surface area (Å²) < 4.78 is 0. The molecular formula is C11H11N3O2S. The first kappa shape index (κ1) is 11.7. The van der Waals surface area contributed by atoms with E-state index in [1.165, 1.54) is 18.7 Å². The van der Waals surface area contributed by atoms with E-state index in [-0.39, 0.29) is 11.8 Å². The molecule has 1 aromatic carbocycles. The Labute approximate surface area is 103 Å². The van der Waals surface area contributed by atoms with Crippen molar-refractivity contribution < 1.29 is 9.59 Å². The number of carbonyl (C=O) groups is 2. The maximum Gasteiger partial charge on any atom is 0.236 e. The lowest BCUT2D eigenvalue weighted by atomic mass is 10.3. The number of nitrogens with zero attached hydrogens (tertiary/aromatic N) is 1. The Balaban J connectivity index is 2.08. The Hall–Kier alpha value is -1.82. The summed E-state index contributed by atoms with van der Waals surface area (Å²) in [5.41, 5.74) is 1.47. The number of hydrogen-bond donors (Lipinski definition) is 2. The Morgan fingerprint density at radius 3 is 2.65 bits per heavy atom. The van der Waals surface area contributed by atoms with E-state index >= 15 is 0 Å². The van der Waals surface area contributed by atoms with Gasteiger partial charge >= 0.3 is 0 Å². The van der Waals surface area contributed by atoms with E-state index in [1.54, 1.807) is 24.3 Å². The molecule has 0 unspecified atom stereocenters. The molecule has 1 fully saturated rings. The van der Waals surface area contributed by atoms with E-state index < -0.39 is 0 Å². The summed E-state index contributed by atoms with van der Waals surface area (Å²) in [6, 6.07) is 7.09. The number of carbonyl (C=O) groups excluding carboxylic acids is 2. The zero-order valence-electron chi connectivity index (χ0n) is 9.19. The predicted octanol–water partition coefficient (Wildman–Crippen LogP) is 1.50. The van der Waals surface area contributed by atoms with E-state index in [1.807, 2.05) is 0 Å². The highest BCUT2D eigenvalue weighted by Gasteiger charge is 2.16. The largest absolute Gasteiger partial charge is 0.326 e. The highest BCUT2D eigenvalue weighted by Crippen LogP contribution is 2.19. The molecule has 2 rings (SSSR count). The number of anilines is 1. The van der Waals surface area contributed by atoms with Crippen LogP contribution in [0.1, 0.15) is 6.92 Å². The topological polar surface area (TPSA) is 70.6 Å². The van der Waals surface area contributed by atoms with Crippen LogP contribution in [0.2, 0.25) is 0 Å². The number of thioether (sulfide) groups is 1. The van der Waals surface area contributed by atoms with Crippen molar-refractivity contribution in [2.75, 3.05) is 11.1 Å². The molecule has 2 amide bonds. The Kier molecular flexibility index (Phi) is 3.43. The minimum absolute atomic E-state index is 0.0244.